The summed E-state index contributed by atoms with van der Waals surface area (Å²) in [5.41, 5.74) is 5.09. The Bertz CT molecular complexity index is 353. The Morgan fingerprint density at radius 1 is 1.23 bits per heavy atom. The lowest BCUT2D eigenvalue weighted by Crippen LogP contribution is -1.97. The zero-order valence-electron chi connectivity index (χ0n) is 8.73. The van der Waals surface area contributed by atoms with Crippen LogP contribution in [0.15, 0.2) is 12.1 Å². The third-order valence-corrected chi connectivity index (χ3v) is 2.53. The third-order valence-electron chi connectivity index (χ3n) is 2.53. The lowest BCUT2D eigenvalue weighted by atomic mass is 9.92. The van der Waals surface area contributed by atoms with E-state index in [0.717, 1.165) is 0 Å². The van der Waals surface area contributed by atoms with E-state index in [1.165, 1.54) is 22.3 Å². The Labute approximate surface area is 81.0 Å². The molecule has 0 amide bonds. The van der Waals surface area contributed by atoms with Crippen LogP contribution in [0.4, 0.5) is 0 Å². The Kier molecular flexibility index (Phi) is 2.78. The van der Waals surface area contributed by atoms with Crippen molar-refractivity contribution in [1.82, 2.24) is 0 Å². The zero-order chi connectivity index (χ0) is 10.0. The molecule has 0 aliphatic carbocycles. The summed E-state index contributed by atoms with van der Waals surface area (Å²) in [6.45, 7) is 8.32. The van der Waals surface area contributed by atoms with Crippen LogP contribution >= 0.6 is 0 Å². The van der Waals surface area contributed by atoms with Gasteiger partial charge < -0.3 is 0 Å². The molecule has 0 saturated carbocycles. The normalized spacial score (nSPS) is 12.2. The summed E-state index contributed by atoms with van der Waals surface area (Å²) in [6.07, 6.45) is 7.13. The quantitative estimate of drug-likeness (QED) is 0.569. The topological polar surface area (TPSA) is 0 Å². The van der Waals surface area contributed by atoms with Gasteiger partial charge in [-0.2, -0.15) is 0 Å². The van der Waals surface area contributed by atoms with Gasteiger partial charge in [0.2, 0.25) is 0 Å². The van der Waals surface area contributed by atoms with Crippen LogP contribution in [-0.2, 0) is 0 Å². The molecule has 0 spiro atoms. The van der Waals surface area contributed by atoms with E-state index in [4.69, 9.17) is 6.42 Å². The van der Waals surface area contributed by atoms with E-state index in [0.29, 0.717) is 0 Å². The fourth-order valence-electron chi connectivity index (χ4n) is 1.60. The minimum Gasteiger partial charge on any atom is -0.0812 e. The van der Waals surface area contributed by atoms with Crippen molar-refractivity contribution in [2.45, 2.75) is 33.6 Å². The van der Waals surface area contributed by atoms with Crippen LogP contribution in [0.5, 0.6) is 0 Å². The first-order valence-corrected chi connectivity index (χ1v) is 4.56. The van der Waals surface area contributed by atoms with Crippen LogP contribution in [0, 0.1) is 33.1 Å². The van der Waals surface area contributed by atoms with E-state index in [-0.39, 0.29) is 5.92 Å². The summed E-state index contributed by atoms with van der Waals surface area (Å²) in [5.74, 6) is 2.64. The molecule has 0 aromatic heterocycles. The molecule has 0 fully saturated rings. The highest BCUT2D eigenvalue weighted by Gasteiger charge is 2.07. The van der Waals surface area contributed by atoms with Crippen LogP contribution in [0.25, 0.3) is 0 Å². The molecule has 13 heavy (non-hydrogen) atoms. The molecule has 0 nitrogen and oxygen atoms in total. The molecule has 0 bridgehead atoms. The number of hydrogen-bond donors (Lipinski definition) is 0. The second kappa shape index (κ2) is 3.66. The molecule has 1 rings (SSSR count). The predicted molar refractivity (Wildman–Crippen MR) is 56.2 cm³/mol. The lowest BCUT2D eigenvalue weighted by molar-refractivity contribution is 0.975. The summed E-state index contributed by atoms with van der Waals surface area (Å²) in [7, 11) is 0. The fourth-order valence-corrected chi connectivity index (χ4v) is 1.60. The summed E-state index contributed by atoms with van der Waals surface area (Å²) in [4.78, 5) is 0. The average molecular weight is 171 g/mol. The number of aryl methyl sites for hydroxylation is 2. The Balaban J connectivity index is 3.30. The molecular formula is C13H15. The second-order valence-electron chi connectivity index (χ2n) is 3.66. The SMILES string of the molecule is [C]#CC(C)c1cc(C)cc(C)c1C. The van der Waals surface area contributed by atoms with Gasteiger partial charge in [-0.25, -0.2) is 0 Å². The second-order valence-corrected chi connectivity index (χ2v) is 3.66. The van der Waals surface area contributed by atoms with Crippen LogP contribution in [-0.4, -0.2) is 0 Å². The standard InChI is InChI=1S/C13H15/c1-6-10(3)13-8-9(2)7-11(4)12(13)5/h7-8,10H,2-5H3. The maximum atomic E-state index is 7.13. The first-order chi connectivity index (χ1) is 6.06. The summed E-state index contributed by atoms with van der Waals surface area (Å²) in [5, 5.41) is 0. The number of rotatable bonds is 1. The fraction of sp³-hybridized carbons (Fsp3) is 0.385. The van der Waals surface area contributed by atoms with Crippen molar-refractivity contribution < 1.29 is 0 Å². The highest BCUT2D eigenvalue weighted by Crippen LogP contribution is 2.23. The van der Waals surface area contributed by atoms with Gasteiger partial charge in [-0.3, -0.25) is 0 Å². The largest absolute Gasteiger partial charge is 0.0812 e. The Morgan fingerprint density at radius 2 is 1.85 bits per heavy atom. The van der Waals surface area contributed by atoms with Gasteiger partial charge in [-0.15, -0.1) is 0 Å². The van der Waals surface area contributed by atoms with Crippen LogP contribution < -0.4 is 0 Å². The van der Waals surface area contributed by atoms with E-state index in [9.17, 15) is 0 Å². The van der Waals surface area contributed by atoms with Crippen molar-refractivity contribution in [3.05, 3.63) is 40.8 Å². The van der Waals surface area contributed by atoms with E-state index in [1.54, 1.807) is 0 Å². The first kappa shape index (κ1) is 9.86. The smallest absolute Gasteiger partial charge is 0.0437 e. The van der Waals surface area contributed by atoms with Gasteiger partial charge in [0.25, 0.3) is 0 Å². The van der Waals surface area contributed by atoms with Crippen molar-refractivity contribution in [2.24, 2.45) is 0 Å². The van der Waals surface area contributed by atoms with Crippen molar-refractivity contribution in [1.29, 1.82) is 0 Å². The van der Waals surface area contributed by atoms with Crippen LogP contribution in [0.1, 0.15) is 35.1 Å². The molecule has 1 radical (unpaired) electrons. The molecule has 0 heterocycles. The van der Waals surface area contributed by atoms with E-state index < -0.39 is 0 Å². The molecule has 1 unspecified atom stereocenters. The van der Waals surface area contributed by atoms with Gasteiger partial charge in [0.1, 0.15) is 0 Å². The average Bonchev–Trinajstić information content (AvgIpc) is 2.10. The molecule has 0 aliphatic heterocycles. The molecule has 1 aromatic carbocycles. The van der Waals surface area contributed by atoms with Crippen molar-refractivity contribution in [3.8, 4) is 5.92 Å². The van der Waals surface area contributed by atoms with E-state index >= 15 is 0 Å². The van der Waals surface area contributed by atoms with E-state index in [2.05, 4.69) is 38.8 Å². The first-order valence-electron chi connectivity index (χ1n) is 4.56. The minimum atomic E-state index is 0.110. The van der Waals surface area contributed by atoms with Crippen molar-refractivity contribution >= 4 is 0 Å². The van der Waals surface area contributed by atoms with Crippen LogP contribution in [0.2, 0.25) is 0 Å². The molecule has 0 heteroatoms. The molecule has 67 valence electrons. The molecule has 0 aliphatic rings. The Morgan fingerprint density at radius 3 is 2.38 bits per heavy atom. The van der Waals surface area contributed by atoms with Gasteiger partial charge in [-0.05, 0) is 50.8 Å². The molecule has 0 saturated heterocycles. The molecule has 0 N–H and O–H groups in total. The molecule has 1 aromatic rings. The van der Waals surface area contributed by atoms with Gasteiger partial charge in [0, 0.05) is 5.92 Å². The van der Waals surface area contributed by atoms with Gasteiger partial charge in [0.05, 0.1) is 0 Å². The maximum absolute atomic E-state index is 7.13. The summed E-state index contributed by atoms with van der Waals surface area (Å²) in [6, 6.07) is 4.32. The number of hydrogen-bond acceptors (Lipinski definition) is 0. The lowest BCUT2D eigenvalue weighted by Gasteiger charge is -2.12. The van der Waals surface area contributed by atoms with Crippen molar-refractivity contribution in [3.63, 3.8) is 0 Å². The van der Waals surface area contributed by atoms with E-state index in [1.807, 2.05) is 6.92 Å². The summed E-state index contributed by atoms with van der Waals surface area (Å²) >= 11 is 0. The van der Waals surface area contributed by atoms with Gasteiger partial charge in [0.15, 0.2) is 0 Å². The van der Waals surface area contributed by atoms with Crippen LogP contribution in [0.3, 0.4) is 0 Å². The monoisotopic (exact) mass is 171 g/mol. The highest BCUT2D eigenvalue weighted by molar-refractivity contribution is 5.41. The van der Waals surface area contributed by atoms with Gasteiger partial charge >= 0.3 is 0 Å². The predicted octanol–water partition coefficient (Wildman–Crippen LogP) is 3.31. The minimum absolute atomic E-state index is 0.110. The zero-order valence-corrected chi connectivity index (χ0v) is 8.73. The molecule has 1 atom stereocenters. The highest BCUT2D eigenvalue weighted by atomic mass is 14.1. The van der Waals surface area contributed by atoms with Crippen molar-refractivity contribution in [2.75, 3.05) is 0 Å². The summed E-state index contributed by atoms with van der Waals surface area (Å²) < 4.78 is 0. The maximum Gasteiger partial charge on any atom is 0.0437 e. The molecular weight excluding hydrogens is 156 g/mol. The number of benzene rings is 1. The van der Waals surface area contributed by atoms with Gasteiger partial charge in [-0.1, -0.05) is 23.6 Å². The third kappa shape index (κ3) is 1.92. The Hall–Kier alpha value is -1.22.